The molecule has 0 radical (unpaired) electrons. The first kappa shape index (κ1) is 10.8. The fourth-order valence-electron chi connectivity index (χ4n) is 1.49. The molecular weight excluding hydrogens is 266 g/mol. The minimum absolute atomic E-state index is 0.00781. The van der Waals surface area contributed by atoms with Crippen LogP contribution in [0.2, 0.25) is 0 Å². The quantitative estimate of drug-likeness (QED) is 0.844. The van der Waals surface area contributed by atoms with Gasteiger partial charge in [0.15, 0.2) is 0 Å². The summed E-state index contributed by atoms with van der Waals surface area (Å²) in [6.45, 7) is 0.363. The first-order valence-electron chi connectivity index (χ1n) is 4.69. The lowest BCUT2D eigenvalue weighted by molar-refractivity contribution is 0.100. The molecule has 1 unspecified atom stereocenters. The largest absolute Gasteiger partial charge is 0.359 e. The molecule has 2 rings (SSSR count). The summed E-state index contributed by atoms with van der Waals surface area (Å²) in [7, 11) is 1.78. The van der Waals surface area contributed by atoms with Crippen LogP contribution in [0.25, 0.3) is 0 Å². The van der Waals surface area contributed by atoms with Gasteiger partial charge < -0.3 is 4.90 Å². The topological polar surface area (TPSA) is 16.1 Å². The van der Waals surface area contributed by atoms with Gasteiger partial charge in [-0.15, -0.1) is 0 Å². The molecule has 0 aromatic carbocycles. The van der Waals surface area contributed by atoms with Gasteiger partial charge in [0.2, 0.25) is 0 Å². The summed E-state index contributed by atoms with van der Waals surface area (Å²) in [5.41, 5.74) is 0. The molecule has 1 aliphatic carbocycles. The molecule has 82 valence electrons. The van der Waals surface area contributed by atoms with Crippen LogP contribution in [0.15, 0.2) is 22.8 Å². The first-order valence-corrected chi connectivity index (χ1v) is 5.49. The van der Waals surface area contributed by atoms with Crippen molar-refractivity contribution >= 4 is 21.7 Å². The predicted octanol–water partition coefficient (Wildman–Crippen LogP) is 2.94. The van der Waals surface area contributed by atoms with Crippen molar-refractivity contribution in [1.82, 2.24) is 4.98 Å². The van der Waals surface area contributed by atoms with Crippen LogP contribution in [0.1, 0.15) is 6.42 Å². The Balaban J connectivity index is 1.97. The minimum Gasteiger partial charge on any atom is -0.359 e. The summed E-state index contributed by atoms with van der Waals surface area (Å²) in [6, 6.07) is 3.66. The smallest absolute Gasteiger partial charge is 0.253 e. The van der Waals surface area contributed by atoms with Crippen molar-refractivity contribution in [3.8, 4) is 0 Å². The Morgan fingerprint density at radius 3 is 2.73 bits per heavy atom. The van der Waals surface area contributed by atoms with Gasteiger partial charge in [0.1, 0.15) is 5.82 Å². The molecule has 0 aliphatic heterocycles. The van der Waals surface area contributed by atoms with Gasteiger partial charge >= 0.3 is 0 Å². The highest BCUT2D eigenvalue weighted by atomic mass is 79.9. The van der Waals surface area contributed by atoms with Crippen molar-refractivity contribution in [2.45, 2.75) is 12.3 Å². The Labute approximate surface area is 95.4 Å². The molecule has 1 fully saturated rings. The molecule has 0 N–H and O–H groups in total. The van der Waals surface area contributed by atoms with Crippen LogP contribution in [0.5, 0.6) is 0 Å². The van der Waals surface area contributed by atoms with E-state index >= 15 is 0 Å². The molecule has 1 aliphatic rings. The monoisotopic (exact) mass is 276 g/mol. The second-order valence-electron chi connectivity index (χ2n) is 3.88. The van der Waals surface area contributed by atoms with E-state index < -0.39 is 11.8 Å². The molecule has 1 aromatic rings. The molecule has 0 bridgehead atoms. The van der Waals surface area contributed by atoms with Crippen molar-refractivity contribution in [2.75, 3.05) is 18.5 Å². The number of halogens is 3. The minimum atomic E-state index is -2.45. The SMILES string of the molecule is CN(CC1CC1(F)F)c1ccc(Br)cn1. The number of pyridine rings is 1. The average molecular weight is 277 g/mol. The summed E-state index contributed by atoms with van der Waals surface area (Å²) in [5, 5.41) is 0. The summed E-state index contributed by atoms with van der Waals surface area (Å²) in [6.07, 6.45) is 1.67. The van der Waals surface area contributed by atoms with Crippen LogP contribution in [0, 0.1) is 5.92 Å². The second-order valence-corrected chi connectivity index (χ2v) is 4.79. The fourth-order valence-corrected chi connectivity index (χ4v) is 1.72. The summed E-state index contributed by atoms with van der Waals surface area (Å²) in [4.78, 5) is 5.90. The number of anilines is 1. The van der Waals surface area contributed by atoms with Gasteiger partial charge in [-0.2, -0.15) is 0 Å². The molecule has 1 atom stereocenters. The fraction of sp³-hybridized carbons (Fsp3) is 0.500. The number of rotatable bonds is 3. The third-order valence-electron chi connectivity index (χ3n) is 2.55. The van der Waals surface area contributed by atoms with Gasteiger partial charge in [-0.05, 0) is 28.1 Å². The lowest BCUT2D eigenvalue weighted by Gasteiger charge is -2.17. The lowest BCUT2D eigenvalue weighted by atomic mass is 10.3. The van der Waals surface area contributed by atoms with Crippen LogP contribution >= 0.6 is 15.9 Å². The van der Waals surface area contributed by atoms with Crippen LogP contribution in [0.4, 0.5) is 14.6 Å². The van der Waals surface area contributed by atoms with Gasteiger partial charge in [-0.3, -0.25) is 0 Å². The number of nitrogens with zero attached hydrogens (tertiary/aromatic N) is 2. The van der Waals surface area contributed by atoms with Gasteiger partial charge in [0.25, 0.3) is 5.92 Å². The highest BCUT2D eigenvalue weighted by Gasteiger charge is 2.56. The van der Waals surface area contributed by atoms with Crippen molar-refractivity contribution in [1.29, 1.82) is 0 Å². The third-order valence-corrected chi connectivity index (χ3v) is 3.02. The number of aromatic nitrogens is 1. The maximum absolute atomic E-state index is 12.7. The van der Waals surface area contributed by atoms with E-state index in [4.69, 9.17) is 0 Å². The molecule has 1 heterocycles. The van der Waals surface area contributed by atoms with E-state index in [-0.39, 0.29) is 6.42 Å². The Morgan fingerprint density at radius 1 is 1.60 bits per heavy atom. The van der Waals surface area contributed by atoms with Crippen LogP contribution in [-0.2, 0) is 0 Å². The van der Waals surface area contributed by atoms with Crippen molar-refractivity contribution in [3.63, 3.8) is 0 Å². The molecule has 5 heteroatoms. The Morgan fingerprint density at radius 2 is 2.27 bits per heavy atom. The zero-order valence-electron chi connectivity index (χ0n) is 8.25. The molecule has 2 nitrogen and oxygen atoms in total. The third kappa shape index (κ3) is 2.45. The van der Waals surface area contributed by atoms with E-state index in [0.717, 1.165) is 10.3 Å². The van der Waals surface area contributed by atoms with Crippen LogP contribution < -0.4 is 4.90 Å². The molecule has 0 amide bonds. The highest BCUT2D eigenvalue weighted by molar-refractivity contribution is 9.10. The molecule has 1 aromatic heterocycles. The molecule has 1 saturated carbocycles. The molecule has 0 spiro atoms. The highest BCUT2D eigenvalue weighted by Crippen LogP contribution is 2.48. The van der Waals surface area contributed by atoms with Crippen molar-refractivity contribution < 1.29 is 8.78 Å². The number of hydrogen-bond acceptors (Lipinski definition) is 2. The summed E-state index contributed by atoms with van der Waals surface area (Å²) < 4.78 is 26.2. The number of alkyl halides is 2. The Kier molecular flexibility index (Phi) is 2.66. The number of hydrogen-bond donors (Lipinski definition) is 0. The second kappa shape index (κ2) is 3.70. The van der Waals surface area contributed by atoms with E-state index in [1.54, 1.807) is 18.1 Å². The van der Waals surface area contributed by atoms with Crippen LogP contribution in [0.3, 0.4) is 0 Å². The van der Waals surface area contributed by atoms with Crippen LogP contribution in [-0.4, -0.2) is 24.5 Å². The summed E-state index contributed by atoms with van der Waals surface area (Å²) in [5.74, 6) is -2.24. The Hall–Kier alpha value is -0.710. The standard InChI is InChI=1S/C10H11BrF2N2/c1-15(6-7-4-10(7,12)13)9-3-2-8(11)5-14-9/h2-3,5,7H,4,6H2,1H3. The lowest BCUT2D eigenvalue weighted by Crippen LogP contribution is -2.22. The van der Waals surface area contributed by atoms with Gasteiger partial charge in [-0.25, -0.2) is 13.8 Å². The van der Waals surface area contributed by atoms with Crippen molar-refractivity contribution in [2.24, 2.45) is 5.92 Å². The van der Waals surface area contributed by atoms with E-state index in [1.165, 1.54) is 0 Å². The predicted molar refractivity (Wildman–Crippen MR) is 58.3 cm³/mol. The molecule has 0 saturated heterocycles. The van der Waals surface area contributed by atoms with Gasteiger partial charge in [0, 0.05) is 36.6 Å². The maximum atomic E-state index is 12.7. The summed E-state index contributed by atoms with van der Waals surface area (Å²) >= 11 is 3.27. The van der Waals surface area contributed by atoms with Gasteiger partial charge in [-0.1, -0.05) is 0 Å². The zero-order valence-corrected chi connectivity index (χ0v) is 9.84. The van der Waals surface area contributed by atoms with E-state index in [2.05, 4.69) is 20.9 Å². The van der Waals surface area contributed by atoms with E-state index in [0.29, 0.717) is 6.54 Å². The Bertz CT molecular complexity index is 353. The van der Waals surface area contributed by atoms with E-state index in [9.17, 15) is 8.78 Å². The van der Waals surface area contributed by atoms with Gasteiger partial charge in [0.05, 0.1) is 0 Å². The molecule has 15 heavy (non-hydrogen) atoms. The zero-order chi connectivity index (χ0) is 11.1. The van der Waals surface area contributed by atoms with Crippen molar-refractivity contribution in [3.05, 3.63) is 22.8 Å². The maximum Gasteiger partial charge on any atom is 0.253 e. The normalized spacial score (nSPS) is 22.5. The average Bonchev–Trinajstić information content (AvgIpc) is 2.74. The molecular formula is C10H11BrF2N2. The first-order chi connectivity index (χ1) is 6.99. The van der Waals surface area contributed by atoms with E-state index in [1.807, 2.05) is 12.1 Å².